The molecule has 0 unspecified atom stereocenters. The number of ether oxygens (including phenoxy) is 1. The first-order valence-electron chi connectivity index (χ1n) is 7.67. The molecule has 118 valence electrons. The lowest BCUT2D eigenvalue weighted by atomic mass is 10.1. The monoisotopic (exact) mass is 311 g/mol. The number of anilines is 1. The lowest BCUT2D eigenvalue weighted by Gasteiger charge is -2.42. The molecule has 0 amide bonds. The van der Waals surface area contributed by atoms with E-state index in [2.05, 4.69) is 20.6 Å². The van der Waals surface area contributed by atoms with Crippen molar-refractivity contribution in [1.29, 1.82) is 0 Å². The van der Waals surface area contributed by atoms with Gasteiger partial charge in [-0.2, -0.15) is 0 Å². The maximum absolute atomic E-state index is 13.4. The number of aryl methyl sites for hydroxylation is 1. The zero-order chi connectivity index (χ0) is 16.0. The van der Waals surface area contributed by atoms with Gasteiger partial charge in [0.25, 0.3) is 0 Å². The second-order valence-corrected chi connectivity index (χ2v) is 6.00. The lowest BCUT2D eigenvalue weighted by molar-refractivity contribution is 0.395. The number of aromatic nitrogens is 2. The molecule has 3 heterocycles. The van der Waals surface area contributed by atoms with Crippen LogP contribution in [-0.4, -0.2) is 29.8 Å². The molecule has 4 rings (SSSR count). The van der Waals surface area contributed by atoms with Crippen molar-refractivity contribution >= 4 is 16.6 Å². The maximum Gasteiger partial charge on any atom is 0.213 e. The molecule has 0 radical (unpaired) electrons. The van der Waals surface area contributed by atoms with Crippen molar-refractivity contribution in [2.75, 3.05) is 25.1 Å². The number of pyridine rings is 1. The van der Waals surface area contributed by atoms with Gasteiger partial charge in [-0.1, -0.05) is 0 Å². The number of hydrogen-bond acceptors (Lipinski definition) is 3. The molecule has 1 fully saturated rings. The predicted molar refractivity (Wildman–Crippen MR) is 88.7 cm³/mol. The van der Waals surface area contributed by atoms with E-state index in [0.29, 0.717) is 11.9 Å². The smallest absolute Gasteiger partial charge is 0.213 e. The van der Waals surface area contributed by atoms with E-state index < -0.39 is 0 Å². The van der Waals surface area contributed by atoms with Gasteiger partial charge in [0.05, 0.1) is 25.0 Å². The summed E-state index contributed by atoms with van der Waals surface area (Å²) in [5, 5.41) is 0.995. The van der Waals surface area contributed by atoms with Gasteiger partial charge in [-0.15, -0.1) is 0 Å². The molecule has 0 N–H and O–H groups in total. The van der Waals surface area contributed by atoms with Crippen LogP contribution in [0.3, 0.4) is 0 Å². The molecule has 23 heavy (non-hydrogen) atoms. The first-order chi connectivity index (χ1) is 11.2. The van der Waals surface area contributed by atoms with E-state index in [4.69, 9.17) is 4.74 Å². The van der Waals surface area contributed by atoms with E-state index >= 15 is 0 Å². The summed E-state index contributed by atoms with van der Waals surface area (Å²) >= 11 is 0. The van der Waals surface area contributed by atoms with Gasteiger partial charge in [0.2, 0.25) is 5.88 Å². The van der Waals surface area contributed by atoms with Crippen LogP contribution in [0, 0.1) is 12.7 Å². The lowest BCUT2D eigenvalue weighted by Crippen LogP contribution is -2.47. The highest BCUT2D eigenvalue weighted by Crippen LogP contribution is 2.32. The van der Waals surface area contributed by atoms with E-state index in [1.807, 2.05) is 31.3 Å². The highest BCUT2D eigenvalue weighted by atomic mass is 19.1. The Labute approximate surface area is 134 Å². The van der Waals surface area contributed by atoms with Crippen LogP contribution >= 0.6 is 0 Å². The summed E-state index contributed by atoms with van der Waals surface area (Å²) in [5.41, 5.74) is 3.31. The highest BCUT2D eigenvalue weighted by molar-refractivity contribution is 5.84. The zero-order valence-electron chi connectivity index (χ0n) is 13.2. The molecule has 0 atom stereocenters. The molecular weight excluding hydrogens is 293 g/mol. The van der Waals surface area contributed by atoms with Crippen LogP contribution in [-0.2, 0) is 0 Å². The third-order valence-electron chi connectivity index (χ3n) is 4.55. The molecule has 1 aliphatic rings. The van der Waals surface area contributed by atoms with Gasteiger partial charge in [-0.05, 0) is 36.8 Å². The minimum atomic E-state index is -0.183. The Morgan fingerprint density at radius 3 is 2.74 bits per heavy atom. The summed E-state index contributed by atoms with van der Waals surface area (Å²) in [7, 11) is 1.62. The molecule has 0 spiro atoms. The molecular formula is C18H18FN3O. The van der Waals surface area contributed by atoms with Gasteiger partial charge in [0, 0.05) is 36.3 Å². The first-order valence-corrected chi connectivity index (χ1v) is 7.67. The molecule has 2 aromatic heterocycles. The molecule has 3 aromatic rings. The molecule has 0 bridgehead atoms. The Morgan fingerprint density at radius 1 is 1.22 bits per heavy atom. The molecule has 1 aromatic carbocycles. The first kappa shape index (κ1) is 14.1. The predicted octanol–water partition coefficient (Wildman–Crippen LogP) is 3.55. The fraction of sp³-hybridized carbons (Fsp3) is 0.278. The second-order valence-electron chi connectivity index (χ2n) is 6.00. The van der Waals surface area contributed by atoms with E-state index in [1.54, 1.807) is 13.2 Å². The Hall–Kier alpha value is -2.56. The standard InChI is InChI=1S/C18H18FN3O/c1-12-9-22(17-5-3-13(19)7-16(12)17)15-10-21(11-15)14-4-6-18(23-2)20-8-14/h3-9,15H,10-11H2,1-2H3. The summed E-state index contributed by atoms with van der Waals surface area (Å²) in [5.74, 6) is 0.442. The molecule has 1 saturated heterocycles. The zero-order valence-corrected chi connectivity index (χ0v) is 13.2. The van der Waals surface area contributed by atoms with Crippen molar-refractivity contribution in [1.82, 2.24) is 9.55 Å². The molecule has 5 heteroatoms. The van der Waals surface area contributed by atoms with E-state index in [-0.39, 0.29) is 5.82 Å². The fourth-order valence-corrected chi connectivity index (χ4v) is 3.22. The number of nitrogens with zero attached hydrogens (tertiary/aromatic N) is 3. The average Bonchev–Trinajstić information content (AvgIpc) is 2.83. The molecule has 0 aliphatic carbocycles. The summed E-state index contributed by atoms with van der Waals surface area (Å²) in [6, 6.07) is 9.32. The summed E-state index contributed by atoms with van der Waals surface area (Å²) in [6.07, 6.45) is 3.96. The summed E-state index contributed by atoms with van der Waals surface area (Å²) in [6.45, 7) is 3.88. The largest absolute Gasteiger partial charge is 0.481 e. The molecule has 0 saturated carbocycles. The SMILES string of the molecule is COc1ccc(N2CC(n3cc(C)c4cc(F)ccc43)C2)cn1. The summed E-state index contributed by atoms with van der Waals surface area (Å²) in [4.78, 5) is 6.53. The highest BCUT2D eigenvalue weighted by Gasteiger charge is 2.29. The van der Waals surface area contributed by atoms with Gasteiger partial charge in [0.1, 0.15) is 5.82 Å². The Bertz CT molecular complexity index is 851. The van der Waals surface area contributed by atoms with Crippen LogP contribution in [0.2, 0.25) is 0 Å². The number of methoxy groups -OCH3 is 1. The van der Waals surface area contributed by atoms with Gasteiger partial charge in [-0.25, -0.2) is 9.37 Å². The average molecular weight is 311 g/mol. The number of rotatable bonds is 3. The molecule has 1 aliphatic heterocycles. The maximum atomic E-state index is 13.4. The van der Waals surface area contributed by atoms with Crippen molar-refractivity contribution in [3.8, 4) is 5.88 Å². The normalized spacial score (nSPS) is 15.0. The second kappa shape index (κ2) is 5.26. The van der Waals surface area contributed by atoms with Crippen LogP contribution in [0.15, 0.2) is 42.7 Å². The van der Waals surface area contributed by atoms with Crippen molar-refractivity contribution in [2.24, 2.45) is 0 Å². The summed E-state index contributed by atoms with van der Waals surface area (Å²) < 4.78 is 20.8. The van der Waals surface area contributed by atoms with Gasteiger partial charge >= 0.3 is 0 Å². The Balaban J connectivity index is 1.55. The van der Waals surface area contributed by atoms with Crippen LogP contribution in [0.25, 0.3) is 10.9 Å². The van der Waals surface area contributed by atoms with Crippen molar-refractivity contribution in [2.45, 2.75) is 13.0 Å². The minimum Gasteiger partial charge on any atom is -0.481 e. The fourth-order valence-electron chi connectivity index (χ4n) is 3.22. The van der Waals surface area contributed by atoms with Crippen molar-refractivity contribution < 1.29 is 9.13 Å². The van der Waals surface area contributed by atoms with Crippen LogP contribution in [0.4, 0.5) is 10.1 Å². The van der Waals surface area contributed by atoms with Crippen LogP contribution < -0.4 is 9.64 Å². The van der Waals surface area contributed by atoms with Gasteiger partial charge < -0.3 is 14.2 Å². The molecule has 4 nitrogen and oxygen atoms in total. The van der Waals surface area contributed by atoms with Gasteiger partial charge in [-0.3, -0.25) is 0 Å². The minimum absolute atomic E-state index is 0.183. The Morgan fingerprint density at radius 2 is 2.04 bits per heavy atom. The van der Waals surface area contributed by atoms with Gasteiger partial charge in [0.15, 0.2) is 0 Å². The number of benzene rings is 1. The van der Waals surface area contributed by atoms with Crippen LogP contribution in [0.5, 0.6) is 5.88 Å². The van der Waals surface area contributed by atoms with Crippen molar-refractivity contribution in [3.63, 3.8) is 0 Å². The quantitative estimate of drug-likeness (QED) is 0.741. The number of fused-ring (bicyclic) bond motifs is 1. The topological polar surface area (TPSA) is 30.3 Å². The third-order valence-corrected chi connectivity index (χ3v) is 4.55. The van der Waals surface area contributed by atoms with E-state index in [0.717, 1.165) is 35.2 Å². The van der Waals surface area contributed by atoms with E-state index in [1.165, 1.54) is 6.07 Å². The Kier molecular flexibility index (Phi) is 3.22. The van der Waals surface area contributed by atoms with E-state index in [9.17, 15) is 4.39 Å². The van der Waals surface area contributed by atoms with Crippen LogP contribution in [0.1, 0.15) is 11.6 Å². The number of halogens is 1. The number of hydrogen-bond donors (Lipinski definition) is 0. The third kappa shape index (κ3) is 2.32. The van der Waals surface area contributed by atoms with Crippen molar-refractivity contribution in [3.05, 3.63) is 54.1 Å².